The van der Waals surface area contributed by atoms with Gasteiger partial charge in [-0.2, -0.15) is 0 Å². The topological polar surface area (TPSA) is 67.8 Å². The molecule has 5 heteroatoms. The van der Waals surface area contributed by atoms with E-state index in [0.29, 0.717) is 6.42 Å². The van der Waals surface area contributed by atoms with E-state index in [4.69, 9.17) is 9.78 Å². The average molecular weight is 354 g/mol. The van der Waals surface area contributed by atoms with Gasteiger partial charge in [-0.15, -0.1) is 0 Å². The van der Waals surface area contributed by atoms with E-state index in [1.165, 1.54) is 12.8 Å². The van der Waals surface area contributed by atoms with Crippen LogP contribution in [0.4, 0.5) is 0 Å². The molecule has 0 heterocycles. The third kappa shape index (κ3) is 4.55. The van der Waals surface area contributed by atoms with E-state index in [2.05, 4.69) is 12.2 Å². The fourth-order valence-electron chi connectivity index (χ4n) is 5.08. The molecule has 3 rings (SSSR count). The molecule has 3 aliphatic rings. The van der Waals surface area contributed by atoms with Crippen molar-refractivity contribution in [3.63, 3.8) is 0 Å². The highest BCUT2D eigenvalue weighted by molar-refractivity contribution is 5.76. The molecule has 3 fully saturated rings. The van der Waals surface area contributed by atoms with Crippen LogP contribution in [0.2, 0.25) is 0 Å². The second-order valence-corrected chi connectivity index (χ2v) is 8.59. The molecular formula is C20H35NO4. The van der Waals surface area contributed by atoms with Gasteiger partial charge in [0.2, 0.25) is 11.7 Å². The molecule has 25 heavy (non-hydrogen) atoms. The molecule has 0 saturated heterocycles. The summed E-state index contributed by atoms with van der Waals surface area (Å²) in [5, 5.41) is 14.2. The Kier molecular flexibility index (Phi) is 6.39. The summed E-state index contributed by atoms with van der Waals surface area (Å²) in [6.07, 6.45) is 10.7. The van der Waals surface area contributed by atoms with E-state index >= 15 is 0 Å². The Bertz CT molecular complexity index is 447. The lowest BCUT2D eigenvalue weighted by molar-refractivity contribution is -0.471. The summed E-state index contributed by atoms with van der Waals surface area (Å²) >= 11 is 0. The summed E-state index contributed by atoms with van der Waals surface area (Å²) in [5.74, 6) is 0.115. The molecule has 5 nitrogen and oxygen atoms in total. The number of amides is 1. The minimum absolute atomic E-state index is 0.0249. The number of carbonyl (C=O) groups excluding carboxylic acids is 1. The first-order valence-corrected chi connectivity index (χ1v) is 10.4. The van der Waals surface area contributed by atoms with Crippen LogP contribution >= 0.6 is 0 Å². The minimum Gasteiger partial charge on any atom is -0.363 e. The van der Waals surface area contributed by atoms with Gasteiger partial charge in [-0.1, -0.05) is 26.7 Å². The highest BCUT2D eigenvalue weighted by Gasteiger charge is 2.51. The zero-order valence-corrected chi connectivity index (χ0v) is 15.8. The maximum atomic E-state index is 11.7. The van der Waals surface area contributed by atoms with Crippen LogP contribution in [-0.4, -0.2) is 28.9 Å². The van der Waals surface area contributed by atoms with Crippen molar-refractivity contribution in [3.05, 3.63) is 0 Å². The predicted molar refractivity (Wildman–Crippen MR) is 95.4 cm³/mol. The largest absolute Gasteiger partial charge is 0.363 e. The van der Waals surface area contributed by atoms with Crippen molar-refractivity contribution in [2.45, 2.75) is 102 Å². The van der Waals surface area contributed by atoms with Gasteiger partial charge in [0.1, 0.15) is 0 Å². The Morgan fingerprint density at radius 3 is 2.64 bits per heavy atom. The molecule has 3 saturated carbocycles. The summed E-state index contributed by atoms with van der Waals surface area (Å²) in [6, 6.07) is 0.259. The first-order chi connectivity index (χ1) is 12.0. The first kappa shape index (κ1) is 19.1. The van der Waals surface area contributed by atoms with Crippen LogP contribution in [0.3, 0.4) is 0 Å². The molecule has 0 aliphatic heterocycles. The van der Waals surface area contributed by atoms with Crippen LogP contribution in [0.15, 0.2) is 0 Å². The fraction of sp³-hybridized carbons (Fsp3) is 0.950. The molecule has 4 atom stereocenters. The Morgan fingerprint density at radius 1 is 1.16 bits per heavy atom. The lowest BCUT2D eigenvalue weighted by Gasteiger charge is -2.48. The SMILES string of the molecule is CCCC(=O)NC1CCC(OOC2(O)C(C)CC3CCCC2C3)CC1. The zero-order chi connectivity index (χ0) is 17.9. The molecule has 0 aromatic heterocycles. The van der Waals surface area contributed by atoms with Gasteiger partial charge in [0.25, 0.3) is 0 Å². The number of aliphatic hydroxyl groups is 1. The monoisotopic (exact) mass is 353 g/mol. The molecule has 1 amide bonds. The van der Waals surface area contributed by atoms with E-state index in [1.807, 2.05) is 6.92 Å². The van der Waals surface area contributed by atoms with Crippen LogP contribution in [0.5, 0.6) is 0 Å². The van der Waals surface area contributed by atoms with Gasteiger partial charge in [-0.3, -0.25) is 4.79 Å². The summed E-state index contributed by atoms with van der Waals surface area (Å²) in [5.41, 5.74) is 0. The highest BCUT2D eigenvalue weighted by Crippen LogP contribution is 2.49. The quantitative estimate of drug-likeness (QED) is 0.434. The Hall–Kier alpha value is -0.650. The van der Waals surface area contributed by atoms with Gasteiger partial charge in [0, 0.05) is 24.3 Å². The number of carbonyl (C=O) groups is 1. The van der Waals surface area contributed by atoms with Crippen molar-refractivity contribution in [2.75, 3.05) is 0 Å². The van der Waals surface area contributed by atoms with Gasteiger partial charge in [0.15, 0.2) is 0 Å². The molecule has 0 aromatic rings. The highest BCUT2D eigenvalue weighted by atomic mass is 17.2. The second kappa shape index (κ2) is 8.36. The van der Waals surface area contributed by atoms with Gasteiger partial charge >= 0.3 is 0 Å². The van der Waals surface area contributed by atoms with Crippen molar-refractivity contribution < 1.29 is 19.7 Å². The van der Waals surface area contributed by atoms with Gasteiger partial charge < -0.3 is 10.4 Å². The summed E-state index contributed by atoms with van der Waals surface area (Å²) in [7, 11) is 0. The lowest BCUT2D eigenvalue weighted by atomic mass is 9.65. The molecule has 2 N–H and O–H groups in total. The van der Waals surface area contributed by atoms with Gasteiger partial charge in [0.05, 0.1) is 6.10 Å². The molecule has 2 bridgehead atoms. The van der Waals surface area contributed by atoms with Crippen molar-refractivity contribution in [3.8, 4) is 0 Å². The predicted octanol–water partition coefficient (Wildman–Crippen LogP) is 3.70. The van der Waals surface area contributed by atoms with Crippen molar-refractivity contribution >= 4 is 5.91 Å². The van der Waals surface area contributed by atoms with Crippen molar-refractivity contribution in [1.29, 1.82) is 0 Å². The molecule has 0 aromatic carbocycles. The molecule has 0 spiro atoms. The van der Waals surface area contributed by atoms with E-state index < -0.39 is 5.79 Å². The molecular weight excluding hydrogens is 318 g/mol. The molecule has 4 unspecified atom stereocenters. The third-order valence-corrected chi connectivity index (χ3v) is 6.59. The third-order valence-electron chi connectivity index (χ3n) is 6.59. The van der Waals surface area contributed by atoms with E-state index in [0.717, 1.165) is 57.3 Å². The Balaban J connectivity index is 1.44. The second-order valence-electron chi connectivity index (χ2n) is 8.59. The van der Waals surface area contributed by atoms with Crippen LogP contribution < -0.4 is 5.32 Å². The van der Waals surface area contributed by atoms with Crippen LogP contribution in [0, 0.1) is 17.8 Å². The molecule has 144 valence electrons. The standard InChI is InChI=1S/C20H35NO4/c1-3-5-19(22)21-17-8-10-18(11-9-17)24-25-20(23)14(2)12-15-6-4-7-16(20)13-15/h14-18,23H,3-13H2,1-2H3,(H,21,22). The van der Waals surface area contributed by atoms with Crippen LogP contribution in [0.25, 0.3) is 0 Å². The smallest absolute Gasteiger partial charge is 0.220 e. The Labute approximate surface area is 151 Å². The number of nitrogens with one attached hydrogen (secondary N) is 1. The first-order valence-electron chi connectivity index (χ1n) is 10.4. The summed E-state index contributed by atoms with van der Waals surface area (Å²) in [4.78, 5) is 23.2. The minimum atomic E-state index is -1.12. The Morgan fingerprint density at radius 2 is 1.92 bits per heavy atom. The van der Waals surface area contributed by atoms with E-state index in [9.17, 15) is 9.90 Å². The van der Waals surface area contributed by atoms with Gasteiger partial charge in [-0.25, -0.2) is 9.78 Å². The number of hydrogen-bond acceptors (Lipinski definition) is 4. The summed E-state index contributed by atoms with van der Waals surface area (Å²) in [6.45, 7) is 4.11. The van der Waals surface area contributed by atoms with Crippen molar-refractivity contribution in [2.24, 2.45) is 17.8 Å². The van der Waals surface area contributed by atoms with Crippen LogP contribution in [0.1, 0.15) is 84.5 Å². The maximum Gasteiger partial charge on any atom is 0.220 e. The molecule has 0 radical (unpaired) electrons. The number of fused-ring (bicyclic) bond motifs is 2. The maximum absolute atomic E-state index is 11.7. The van der Waals surface area contributed by atoms with Crippen molar-refractivity contribution in [1.82, 2.24) is 5.32 Å². The average Bonchev–Trinajstić information content (AvgIpc) is 2.60. The number of rotatable bonds is 6. The molecule has 3 aliphatic carbocycles. The zero-order valence-electron chi connectivity index (χ0n) is 15.8. The van der Waals surface area contributed by atoms with Gasteiger partial charge in [-0.05, 0) is 57.3 Å². The lowest BCUT2D eigenvalue weighted by Crippen LogP contribution is -2.53. The van der Waals surface area contributed by atoms with E-state index in [-0.39, 0.29) is 29.9 Å². The normalized spacial score (nSPS) is 41.3. The summed E-state index contributed by atoms with van der Waals surface area (Å²) < 4.78 is 0. The fourth-order valence-corrected chi connectivity index (χ4v) is 5.08. The van der Waals surface area contributed by atoms with Crippen LogP contribution in [-0.2, 0) is 14.6 Å². The van der Waals surface area contributed by atoms with E-state index in [1.54, 1.807) is 0 Å². The number of hydrogen-bond donors (Lipinski definition) is 2.